The molecule has 0 aromatic heterocycles. The smallest absolute Gasteiger partial charge is 0.143 e. The van der Waals surface area contributed by atoms with Gasteiger partial charge in [0, 0.05) is 5.56 Å². The van der Waals surface area contributed by atoms with Crippen molar-refractivity contribution in [2.45, 2.75) is 6.54 Å². The molecule has 0 aliphatic carbocycles. The molecule has 0 bridgehead atoms. The van der Waals surface area contributed by atoms with Gasteiger partial charge in [0.1, 0.15) is 24.0 Å². The van der Waals surface area contributed by atoms with E-state index in [9.17, 15) is 9.65 Å². The van der Waals surface area contributed by atoms with Crippen LogP contribution in [-0.2, 0) is 6.54 Å². The Bertz CT molecular complexity index is 963. The molecule has 130 valence electrons. The van der Waals surface area contributed by atoms with Crippen LogP contribution in [0.4, 0.5) is 10.1 Å². The topological polar surface area (TPSA) is 31.5 Å². The van der Waals surface area contributed by atoms with Gasteiger partial charge in [-0.15, -0.1) is 0 Å². The Morgan fingerprint density at radius 2 is 1.69 bits per heavy atom. The number of fused-ring (bicyclic) bond motifs is 1. The molecule has 26 heavy (non-hydrogen) atoms. The molecule has 1 aliphatic rings. The zero-order valence-corrected chi connectivity index (χ0v) is 14.6. The summed E-state index contributed by atoms with van der Waals surface area (Å²) in [6.45, 7) is 4.61. The van der Waals surface area contributed by atoms with Crippen LogP contribution in [0.2, 0.25) is 0 Å². The average molecular weight is 346 g/mol. The van der Waals surface area contributed by atoms with E-state index in [0.29, 0.717) is 0 Å². The standard InChI is InChI=1S/C22H20FN3/c23-21-9-4-10-22(20(21)15-24)26-13-11-25(12-14-26)16-18-7-3-6-17-5-1-2-8-19(17)18/h1-10H,11-14,16H2/p+1. The molecule has 1 N–H and O–H groups in total. The first-order valence-electron chi connectivity index (χ1n) is 9.00. The van der Waals surface area contributed by atoms with Crippen molar-refractivity contribution in [3.05, 3.63) is 77.6 Å². The van der Waals surface area contributed by atoms with Crippen molar-refractivity contribution in [2.24, 2.45) is 0 Å². The van der Waals surface area contributed by atoms with Gasteiger partial charge in [-0.1, -0.05) is 48.5 Å². The third-order valence-corrected chi connectivity index (χ3v) is 5.24. The first kappa shape index (κ1) is 16.6. The van der Waals surface area contributed by atoms with Crippen LogP contribution in [0.1, 0.15) is 11.1 Å². The number of halogens is 1. The van der Waals surface area contributed by atoms with Crippen molar-refractivity contribution >= 4 is 16.5 Å². The van der Waals surface area contributed by atoms with Gasteiger partial charge in [0.15, 0.2) is 0 Å². The summed E-state index contributed by atoms with van der Waals surface area (Å²) in [6, 6.07) is 21.9. The summed E-state index contributed by atoms with van der Waals surface area (Å²) in [7, 11) is 0. The van der Waals surface area contributed by atoms with Crippen LogP contribution in [0.15, 0.2) is 60.7 Å². The molecule has 3 nitrogen and oxygen atoms in total. The summed E-state index contributed by atoms with van der Waals surface area (Å²) < 4.78 is 13.9. The highest BCUT2D eigenvalue weighted by molar-refractivity contribution is 5.85. The number of hydrogen-bond donors (Lipinski definition) is 1. The summed E-state index contributed by atoms with van der Waals surface area (Å²) >= 11 is 0. The van der Waals surface area contributed by atoms with Crippen molar-refractivity contribution in [2.75, 3.05) is 31.1 Å². The molecular formula is C22H21FN3+. The fraction of sp³-hybridized carbons (Fsp3) is 0.227. The molecule has 3 aromatic carbocycles. The van der Waals surface area contributed by atoms with E-state index in [1.54, 1.807) is 6.07 Å². The summed E-state index contributed by atoms with van der Waals surface area (Å²) in [4.78, 5) is 3.65. The van der Waals surface area contributed by atoms with Gasteiger partial charge >= 0.3 is 0 Å². The summed E-state index contributed by atoms with van der Waals surface area (Å²) in [5, 5.41) is 11.9. The molecule has 1 fully saturated rings. The number of nitrogens with zero attached hydrogens (tertiary/aromatic N) is 2. The average Bonchev–Trinajstić information content (AvgIpc) is 2.69. The van der Waals surface area contributed by atoms with Crippen molar-refractivity contribution in [3.63, 3.8) is 0 Å². The molecule has 3 aromatic rings. The highest BCUT2D eigenvalue weighted by Crippen LogP contribution is 2.22. The molecule has 0 saturated carbocycles. The SMILES string of the molecule is N#Cc1c(F)cccc1N1CC[NH+](Cc2cccc3ccccc23)CC1. The van der Waals surface area contributed by atoms with Crippen LogP contribution >= 0.6 is 0 Å². The highest BCUT2D eigenvalue weighted by Gasteiger charge is 2.23. The molecular weight excluding hydrogens is 325 g/mol. The van der Waals surface area contributed by atoms with Crippen LogP contribution in [-0.4, -0.2) is 26.2 Å². The Labute approximate surface area is 152 Å². The minimum absolute atomic E-state index is 0.157. The fourth-order valence-corrected chi connectivity index (χ4v) is 3.84. The van der Waals surface area contributed by atoms with E-state index in [2.05, 4.69) is 47.4 Å². The number of benzene rings is 3. The van der Waals surface area contributed by atoms with Gasteiger partial charge in [-0.2, -0.15) is 5.26 Å². The maximum absolute atomic E-state index is 13.9. The number of piperazine rings is 1. The number of nitriles is 1. The zero-order valence-electron chi connectivity index (χ0n) is 14.6. The first-order valence-corrected chi connectivity index (χ1v) is 9.00. The van der Waals surface area contributed by atoms with Gasteiger partial charge in [0.05, 0.1) is 31.9 Å². The molecule has 0 spiro atoms. The fourth-order valence-electron chi connectivity index (χ4n) is 3.84. The number of hydrogen-bond acceptors (Lipinski definition) is 2. The van der Waals surface area contributed by atoms with Crippen LogP contribution in [0.25, 0.3) is 10.8 Å². The third-order valence-electron chi connectivity index (χ3n) is 5.24. The maximum Gasteiger partial charge on any atom is 0.143 e. The second-order valence-electron chi connectivity index (χ2n) is 6.80. The van der Waals surface area contributed by atoms with E-state index in [4.69, 9.17) is 0 Å². The second kappa shape index (κ2) is 7.15. The lowest BCUT2D eigenvalue weighted by Gasteiger charge is -2.34. The van der Waals surface area contributed by atoms with E-state index < -0.39 is 5.82 Å². The van der Waals surface area contributed by atoms with E-state index in [1.807, 2.05) is 12.1 Å². The van der Waals surface area contributed by atoms with Gasteiger partial charge in [0.2, 0.25) is 0 Å². The Balaban J connectivity index is 1.48. The lowest BCUT2D eigenvalue weighted by molar-refractivity contribution is -0.914. The summed E-state index contributed by atoms with van der Waals surface area (Å²) in [6.07, 6.45) is 0. The van der Waals surface area contributed by atoms with Gasteiger partial charge in [-0.25, -0.2) is 4.39 Å². The van der Waals surface area contributed by atoms with E-state index in [0.717, 1.165) is 38.4 Å². The largest absolute Gasteiger partial charge is 0.359 e. The molecule has 0 radical (unpaired) electrons. The number of nitrogens with one attached hydrogen (secondary N) is 1. The highest BCUT2D eigenvalue weighted by atomic mass is 19.1. The van der Waals surface area contributed by atoms with Gasteiger partial charge in [0.25, 0.3) is 0 Å². The minimum Gasteiger partial charge on any atom is -0.359 e. The Morgan fingerprint density at radius 1 is 0.962 bits per heavy atom. The maximum atomic E-state index is 13.9. The van der Waals surface area contributed by atoms with Crippen LogP contribution in [0.3, 0.4) is 0 Å². The van der Waals surface area contributed by atoms with E-state index in [-0.39, 0.29) is 5.56 Å². The van der Waals surface area contributed by atoms with Crippen LogP contribution < -0.4 is 9.80 Å². The number of rotatable bonds is 3. The van der Waals surface area contributed by atoms with E-state index in [1.165, 1.54) is 27.3 Å². The molecule has 1 heterocycles. The van der Waals surface area contributed by atoms with E-state index >= 15 is 0 Å². The Hall–Kier alpha value is -2.90. The number of anilines is 1. The normalized spacial score (nSPS) is 15.2. The molecule has 0 atom stereocenters. The Kier molecular flexibility index (Phi) is 4.55. The zero-order chi connectivity index (χ0) is 17.9. The van der Waals surface area contributed by atoms with Crippen LogP contribution in [0, 0.1) is 17.1 Å². The lowest BCUT2D eigenvalue weighted by atomic mass is 10.0. The van der Waals surface area contributed by atoms with Crippen molar-refractivity contribution < 1.29 is 9.29 Å². The van der Waals surface area contributed by atoms with Crippen molar-refractivity contribution in [1.29, 1.82) is 5.26 Å². The quantitative estimate of drug-likeness (QED) is 0.791. The lowest BCUT2D eigenvalue weighted by Crippen LogP contribution is -3.13. The van der Waals surface area contributed by atoms with Crippen molar-refractivity contribution in [3.8, 4) is 6.07 Å². The second-order valence-corrected chi connectivity index (χ2v) is 6.80. The first-order chi connectivity index (χ1) is 12.8. The number of quaternary nitrogens is 1. The molecule has 1 aliphatic heterocycles. The summed E-state index contributed by atoms with van der Waals surface area (Å²) in [5.74, 6) is -0.435. The minimum atomic E-state index is -0.435. The predicted octanol–water partition coefficient (Wildman–Crippen LogP) is 2.76. The van der Waals surface area contributed by atoms with Crippen LogP contribution in [0.5, 0.6) is 0 Å². The molecule has 0 unspecified atom stereocenters. The molecule has 1 saturated heterocycles. The molecule has 4 heteroatoms. The molecule has 4 rings (SSSR count). The molecule has 0 amide bonds. The third kappa shape index (κ3) is 3.14. The van der Waals surface area contributed by atoms with Gasteiger partial charge < -0.3 is 9.80 Å². The van der Waals surface area contributed by atoms with Crippen molar-refractivity contribution in [1.82, 2.24) is 0 Å². The van der Waals surface area contributed by atoms with Gasteiger partial charge in [-0.3, -0.25) is 0 Å². The van der Waals surface area contributed by atoms with Gasteiger partial charge in [-0.05, 0) is 22.9 Å². The Morgan fingerprint density at radius 3 is 2.50 bits per heavy atom. The summed E-state index contributed by atoms with van der Waals surface area (Å²) in [5.41, 5.74) is 2.25. The monoisotopic (exact) mass is 346 g/mol. The predicted molar refractivity (Wildman–Crippen MR) is 102 cm³/mol.